The minimum Gasteiger partial charge on any atom is -0.377 e. The van der Waals surface area contributed by atoms with Gasteiger partial charge in [-0.1, -0.05) is 6.07 Å². The zero-order valence-corrected chi connectivity index (χ0v) is 15.4. The van der Waals surface area contributed by atoms with Crippen LogP contribution in [0.5, 0.6) is 0 Å². The summed E-state index contributed by atoms with van der Waals surface area (Å²) < 4.78 is 9.75. The number of hydrogen-bond acceptors (Lipinski definition) is 4. The molecule has 0 N–H and O–H groups in total. The molecule has 0 spiro atoms. The summed E-state index contributed by atoms with van der Waals surface area (Å²) in [6.07, 6.45) is 9.90. The van der Waals surface area contributed by atoms with Crippen molar-refractivity contribution in [2.24, 2.45) is 7.05 Å². The highest BCUT2D eigenvalue weighted by atomic mass is 16.5. The summed E-state index contributed by atoms with van der Waals surface area (Å²) in [5.74, 6) is 0.0248. The Hall–Kier alpha value is -2.93. The van der Waals surface area contributed by atoms with E-state index in [0.717, 1.165) is 17.7 Å². The molecule has 0 fully saturated rings. The van der Waals surface area contributed by atoms with E-state index in [2.05, 4.69) is 26.9 Å². The first-order chi connectivity index (χ1) is 13.2. The Bertz CT molecular complexity index is 902. The van der Waals surface area contributed by atoms with E-state index in [4.69, 9.17) is 4.74 Å². The third-order valence-corrected chi connectivity index (χ3v) is 4.87. The lowest BCUT2D eigenvalue weighted by molar-refractivity contribution is 0.0621. The lowest BCUT2D eigenvalue weighted by Gasteiger charge is -2.35. The molecule has 3 aromatic heterocycles. The molecule has 4 heterocycles. The molecule has 0 aromatic carbocycles. The van der Waals surface area contributed by atoms with Gasteiger partial charge in [-0.15, -0.1) is 0 Å². The van der Waals surface area contributed by atoms with Crippen LogP contribution in [0.25, 0.3) is 0 Å². The van der Waals surface area contributed by atoms with Crippen molar-refractivity contribution in [3.8, 4) is 0 Å². The molecule has 4 rings (SSSR count). The second-order valence-electron chi connectivity index (χ2n) is 6.85. The molecular formula is C20H23N5O2. The van der Waals surface area contributed by atoms with Crippen molar-refractivity contribution in [1.29, 1.82) is 0 Å². The Kier molecular flexibility index (Phi) is 5.02. The highest BCUT2D eigenvalue weighted by Crippen LogP contribution is 2.25. The Morgan fingerprint density at radius 1 is 1.30 bits per heavy atom. The summed E-state index contributed by atoms with van der Waals surface area (Å²) in [5.41, 5.74) is 2.84. The maximum Gasteiger partial charge on any atom is 0.257 e. The first-order valence-electron chi connectivity index (χ1n) is 9.11. The van der Waals surface area contributed by atoms with Crippen LogP contribution in [0, 0.1) is 0 Å². The normalized spacial score (nSPS) is 16.3. The van der Waals surface area contributed by atoms with Gasteiger partial charge < -0.3 is 14.2 Å². The van der Waals surface area contributed by atoms with Crippen molar-refractivity contribution in [1.82, 2.24) is 24.2 Å². The highest BCUT2D eigenvalue weighted by Gasteiger charge is 2.28. The van der Waals surface area contributed by atoms with Crippen LogP contribution < -0.4 is 0 Å². The van der Waals surface area contributed by atoms with Crippen molar-refractivity contribution >= 4 is 5.91 Å². The SMILES string of the molecule is Cn1cc(C(=O)N2Cc3cccn3C(CCOCc3cccnc3)C2)cn1. The van der Waals surface area contributed by atoms with E-state index in [9.17, 15) is 4.79 Å². The van der Waals surface area contributed by atoms with Gasteiger partial charge in [0.15, 0.2) is 0 Å². The molecule has 140 valence electrons. The minimum atomic E-state index is 0.0248. The number of carbonyl (C=O) groups excluding carboxylic acids is 1. The fraction of sp³-hybridized carbons (Fsp3) is 0.350. The van der Waals surface area contributed by atoms with Crippen molar-refractivity contribution in [2.75, 3.05) is 13.2 Å². The van der Waals surface area contributed by atoms with Gasteiger partial charge in [0.25, 0.3) is 5.91 Å². The molecule has 0 radical (unpaired) electrons. The molecule has 1 unspecified atom stereocenters. The van der Waals surface area contributed by atoms with Gasteiger partial charge in [-0.05, 0) is 30.2 Å². The number of rotatable bonds is 6. The van der Waals surface area contributed by atoms with Gasteiger partial charge in [0.05, 0.1) is 31.0 Å². The molecule has 7 heteroatoms. The van der Waals surface area contributed by atoms with Crippen LogP contribution in [0.2, 0.25) is 0 Å². The number of aryl methyl sites for hydroxylation is 1. The van der Waals surface area contributed by atoms with Gasteiger partial charge in [0, 0.05) is 50.7 Å². The van der Waals surface area contributed by atoms with Crippen LogP contribution in [0.4, 0.5) is 0 Å². The first-order valence-corrected chi connectivity index (χ1v) is 9.11. The maximum absolute atomic E-state index is 12.8. The quantitative estimate of drug-likeness (QED) is 0.629. The number of pyridine rings is 1. The van der Waals surface area contributed by atoms with E-state index in [1.165, 1.54) is 0 Å². The molecule has 3 aromatic rings. The summed E-state index contributed by atoms with van der Waals surface area (Å²) >= 11 is 0. The Morgan fingerprint density at radius 2 is 2.22 bits per heavy atom. The highest BCUT2D eigenvalue weighted by molar-refractivity contribution is 5.93. The number of carbonyl (C=O) groups is 1. The molecule has 1 amide bonds. The fourth-order valence-corrected chi connectivity index (χ4v) is 3.51. The number of amides is 1. The Balaban J connectivity index is 1.39. The second kappa shape index (κ2) is 7.75. The van der Waals surface area contributed by atoms with Crippen LogP contribution in [0.15, 0.2) is 55.2 Å². The van der Waals surface area contributed by atoms with Gasteiger partial charge in [0.1, 0.15) is 0 Å². The number of nitrogens with zero attached hydrogens (tertiary/aromatic N) is 5. The lowest BCUT2D eigenvalue weighted by Crippen LogP contribution is -2.41. The zero-order chi connectivity index (χ0) is 18.6. The van der Waals surface area contributed by atoms with E-state index in [0.29, 0.717) is 31.9 Å². The van der Waals surface area contributed by atoms with Crippen LogP contribution in [-0.2, 0) is 24.9 Å². The van der Waals surface area contributed by atoms with Gasteiger partial charge in [-0.25, -0.2) is 0 Å². The first kappa shape index (κ1) is 17.5. The summed E-state index contributed by atoms with van der Waals surface area (Å²) in [4.78, 5) is 18.8. The predicted molar refractivity (Wildman–Crippen MR) is 99.9 cm³/mol. The summed E-state index contributed by atoms with van der Waals surface area (Å²) in [6, 6.07) is 8.24. The number of hydrogen-bond donors (Lipinski definition) is 0. The summed E-state index contributed by atoms with van der Waals surface area (Å²) in [6.45, 7) is 2.48. The molecule has 7 nitrogen and oxygen atoms in total. The molecule has 1 atom stereocenters. The van der Waals surface area contributed by atoms with Gasteiger partial charge in [-0.3, -0.25) is 14.5 Å². The van der Waals surface area contributed by atoms with E-state index in [1.807, 2.05) is 36.3 Å². The van der Waals surface area contributed by atoms with Crippen LogP contribution >= 0.6 is 0 Å². The zero-order valence-electron chi connectivity index (χ0n) is 15.4. The number of fused-ring (bicyclic) bond motifs is 1. The Morgan fingerprint density at radius 3 is 3.00 bits per heavy atom. The topological polar surface area (TPSA) is 65.2 Å². The molecule has 0 saturated carbocycles. The fourth-order valence-electron chi connectivity index (χ4n) is 3.51. The van der Waals surface area contributed by atoms with E-state index in [-0.39, 0.29) is 11.9 Å². The third-order valence-electron chi connectivity index (χ3n) is 4.87. The molecule has 0 saturated heterocycles. The van der Waals surface area contributed by atoms with Gasteiger partial charge >= 0.3 is 0 Å². The van der Waals surface area contributed by atoms with Gasteiger partial charge in [-0.2, -0.15) is 5.10 Å². The van der Waals surface area contributed by atoms with Crippen LogP contribution in [0.3, 0.4) is 0 Å². The monoisotopic (exact) mass is 365 g/mol. The van der Waals surface area contributed by atoms with Crippen molar-refractivity contribution in [3.63, 3.8) is 0 Å². The van der Waals surface area contributed by atoms with Gasteiger partial charge in [0.2, 0.25) is 0 Å². The molecule has 1 aliphatic heterocycles. The van der Waals surface area contributed by atoms with Crippen molar-refractivity contribution in [3.05, 3.63) is 72.1 Å². The Labute approximate surface area is 158 Å². The molecule has 1 aliphatic rings. The minimum absolute atomic E-state index is 0.0248. The molecule has 27 heavy (non-hydrogen) atoms. The van der Waals surface area contributed by atoms with E-state index >= 15 is 0 Å². The summed E-state index contributed by atoms with van der Waals surface area (Å²) in [5, 5.41) is 4.11. The lowest BCUT2D eigenvalue weighted by atomic mass is 10.1. The average Bonchev–Trinajstić information content (AvgIpc) is 3.34. The molecule has 0 bridgehead atoms. The van der Waals surface area contributed by atoms with Crippen LogP contribution in [0.1, 0.15) is 34.1 Å². The van der Waals surface area contributed by atoms with Crippen LogP contribution in [-0.4, -0.2) is 43.3 Å². The summed E-state index contributed by atoms with van der Waals surface area (Å²) in [7, 11) is 1.82. The largest absolute Gasteiger partial charge is 0.377 e. The standard InChI is InChI=1S/C20H23N5O2/c1-23-12-17(11-22-23)20(26)24-13-18-5-3-8-25(18)19(14-24)6-9-27-15-16-4-2-7-21-10-16/h2-5,7-8,10-12,19H,6,9,13-15H2,1H3. The maximum atomic E-state index is 12.8. The average molecular weight is 365 g/mol. The van der Waals surface area contributed by atoms with E-state index < -0.39 is 0 Å². The predicted octanol–water partition coefficient (Wildman–Crippen LogP) is 2.42. The second-order valence-corrected chi connectivity index (χ2v) is 6.85. The van der Waals surface area contributed by atoms with E-state index in [1.54, 1.807) is 23.3 Å². The smallest absolute Gasteiger partial charge is 0.257 e. The number of ether oxygens (including phenoxy) is 1. The number of aromatic nitrogens is 4. The molecular weight excluding hydrogens is 342 g/mol. The third kappa shape index (κ3) is 3.93. The molecule has 0 aliphatic carbocycles. The van der Waals surface area contributed by atoms with Crippen molar-refractivity contribution in [2.45, 2.75) is 25.6 Å². The van der Waals surface area contributed by atoms with Crippen molar-refractivity contribution < 1.29 is 9.53 Å².